The number of hydrogen-bond acceptors (Lipinski definition) is 0. The summed E-state index contributed by atoms with van der Waals surface area (Å²) < 4.78 is 0. The predicted molar refractivity (Wildman–Crippen MR) is 58.2 cm³/mol. The summed E-state index contributed by atoms with van der Waals surface area (Å²) in [6.45, 7) is 4.43. The van der Waals surface area contributed by atoms with Crippen LogP contribution in [-0.4, -0.2) is 8.11 Å². The van der Waals surface area contributed by atoms with Crippen molar-refractivity contribution in [1.29, 1.82) is 0 Å². The highest BCUT2D eigenvalue weighted by Gasteiger charge is 2.11. The molecule has 0 bridgehead atoms. The van der Waals surface area contributed by atoms with Gasteiger partial charge in [-0.15, -0.1) is 0 Å². The van der Waals surface area contributed by atoms with Crippen LogP contribution in [0.3, 0.4) is 0 Å². The van der Waals surface area contributed by atoms with Crippen LogP contribution in [-0.2, 0) is 6.04 Å². The van der Waals surface area contributed by atoms with E-state index >= 15 is 0 Å². The van der Waals surface area contributed by atoms with E-state index in [0.29, 0.717) is 5.54 Å². The van der Waals surface area contributed by atoms with E-state index in [-0.39, 0.29) is 0 Å². The third-order valence-electron chi connectivity index (χ3n) is 2.00. The van der Waals surface area contributed by atoms with Crippen LogP contribution >= 0.6 is 11.1 Å². The summed E-state index contributed by atoms with van der Waals surface area (Å²) in [5, 5.41) is 0. The maximum Gasteiger partial charge on any atom is 0.147 e. The van der Waals surface area contributed by atoms with Gasteiger partial charge in [0, 0.05) is 0 Å². The molecule has 0 aliphatic carbocycles. The molecule has 0 amide bonds. The molecule has 1 rings (SSSR count). The highest BCUT2D eigenvalue weighted by atomic mass is 35.6. The first kappa shape index (κ1) is 9.81. The molecule has 0 fully saturated rings. The van der Waals surface area contributed by atoms with Crippen LogP contribution in [0.1, 0.15) is 19.4 Å². The van der Waals surface area contributed by atoms with Crippen molar-refractivity contribution in [3.63, 3.8) is 0 Å². The van der Waals surface area contributed by atoms with Crippen LogP contribution in [0.4, 0.5) is 0 Å². The van der Waals surface area contributed by atoms with E-state index in [1.165, 1.54) is 5.56 Å². The van der Waals surface area contributed by atoms with Crippen LogP contribution in [0, 0.1) is 0 Å². The van der Waals surface area contributed by atoms with E-state index in [2.05, 4.69) is 38.1 Å². The zero-order valence-electron chi connectivity index (χ0n) is 7.63. The van der Waals surface area contributed by atoms with Gasteiger partial charge in [-0.05, 0) is 17.1 Å². The predicted octanol–water partition coefficient (Wildman–Crippen LogP) is 3.14. The highest BCUT2D eigenvalue weighted by molar-refractivity contribution is 7.07. The number of benzene rings is 1. The van der Waals surface area contributed by atoms with Crippen LogP contribution < -0.4 is 0 Å². The third kappa shape index (κ3) is 3.00. The maximum atomic E-state index is 6.29. The summed E-state index contributed by atoms with van der Waals surface area (Å²) in [7, 11) is -1.03. The van der Waals surface area contributed by atoms with Gasteiger partial charge in [0.1, 0.15) is 8.11 Å². The zero-order valence-corrected chi connectivity index (χ0v) is 9.54. The zero-order chi connectivity index (χ0) is 8.97. The molecule has 0 saturated carbocycles. The molecule has 0 aliphatic rings. The molecule has 0 aromatic heterocycles. The van der Waals surface area contributed by atoms with Crippen molar-refractivity contribution in [2.24, 2.45) is 0 Å². The Labute approximate surface area is 80.9 Å². The van der Waals surface area contributed by atoms with Gasteiger partial charge < -0.3 is 0 Å². The Morgan fingerprint density at radius 3 is 2.33 bits per heavy atom. The average molecular weight is 199 g/mol. The van der Waals surface area contributed by atoms with Gasteiger partial charge in [-0.2, -0.15) is 11.1 Å². The van der Waals surface area contributed by atoms with Gasteiger partial charge in [-0.1, -0.05) is 44.2 Å². The minimum atomic E-state index is -1.03. The van der Waals surface area contributed by atoms with E-state index in [1.807, 2.05) is 6.07 Å². The molecule has 1 aromatic carbocycles. The fourth-order valence-corrected chi connectivity index (χ4v) is 2.80. The average Bonchev–Trinajstić information content (AvgIpc) is 2.06. The van der Waals surface area contributed by atoms with Crippen molar-refractivity contribution >= 4 is 19.2 Å². The van der Waals surface area contributed by atoms with Crippen molar-refractivity contribution in [2.75, 3.05) is 0 Å². The number of halogens is 1. The lowest BCUT2D eigenvalue weighted by Gasteiger charge is -2.10. The van der Waals surface area contributed by atoms with Gasteiger partial charge in [-0.3, -0.25) is 0 Å². The highest BCUT2D eigenvalue weighted by Crippen LogP contribution is 2.15. The Morgan fingerprint density at radius 2 is 1.83 bits per heavy atom. The first-order chi connectivity index (χ1) is 5.70. The lowest BCUT2D eigenvalue weighted by atomic mass is 10.2. The summed E-state index contributed by atoms with van der Waals surface area (Å²) in [4.78, 5) is 0. The van der Waals surface area contributed by atoms with Gasteiger partial charge in [-0.25, -0.2) is 0 Å². The van der Waals surface area contributed by atoms with Crippen molar-refractivity contribution in [3.8, 4) is 0 Å². The SMILES string of the molecule is CC(C)[SiH](Cl)Cc1ccccc1. The third-order valence-corrected chi connectivity index (χ3v) is 6.28. The van der Waals surface area contributed by atoms with Crippen LogP contribution in [0.2, 0.25) is 5.54 Å². The molecule has 66 valence electrons. The Morgan fingerprint density at radius 1 is 1.25 bits per heavy atom. The molecule has 1 unspecified atom stereocenters. The maximum absolute atomic E-state index is 6.29. The van der Waals surface area contributed by atoms with Crippen LogP contribution in [0.15, 0.2) is 30.3 Å². The fourth-order valence-electron chi connectivity index (χ4n) is 1.07. The Bertz CT molecular complexity index is 221. The van der Waals surface area contributed by atoms with E-state index in [0.717, 1.165) is 6.04 Å². The second kappa shape index (κ2) is 4.68. The molecule has 0 radical (unpaired) electrons. The summed E-state index contributed by atoms with van der Waals surface area (Å²) in [6.07, 6.45) is 0. The summed E-state index contributed by atoms with van der Waals surface area (Å²) in [5.74, 6) is 0. The number of hydrogen-bond donors (Lipinski definition) is 0. The van der Waals surface area contributed by atoms with Gasteiger partial charge >= 0.3 is 0 Å². The standard InChI is InChI=1S/C10H15ClSi/c1-9(2)12(11)8-10-6-4-3-5-7-10/h3-7,9,12H,8H2,1-2H3. The van der Waals surface area contributed by atoms with E-state index in [9.17, 15) is 0 Å². The molecule has 2 heteroatoms. The molecule has 0 N–H and O–H groups in total. The normalized spacial score (nSPS) is 13.3. The lowest BCUT2D eigenvalue weighted by Crippen LogP contribution is -2.12. The van der Waals surface area contributed by atoms with Crippen molar-refractivity contribution < 1.29 is 0 Å². The molecular weight excluding hydrogens is 184 g/mol. The fraction of sp³-hybridized carbons (Fsp3) is 0.400. The molecule has 0 aliphatic heterocycles. The van der Waals surface area contributed by atoms with Gasteiger partial charge in [0.05, 0.1) is 0 Å². The largest absolute Gasteiger partial charge is 0.171 e. The summed E-state index contributed by atoms with van der Waals surface area (Å²) in [5.41, 5.74) is 2.07. The molecule has 0 saturated heterocycles. The monoisotopic (exact) mass is 198 g/mol. The second-order valence-electron chi connectivity index (χ2n) is 3.45. The first-order valence-corrected chi connectivity index (χ1v) is 7.61. The Hall–Kier alpha value is -0.273. The summed E-state index contributed by atoms with van der Waals surface area (Å²) >= 11 is 6.29. The molecule has 0 heterocycles. The summed E-state index contributed by atoms with van der Waals surface area (Å²) in [6, 6.07) is 11.6. The Kier molecular flexibility index (Phi) is 3.83. The molecule has 1 aromatic rings. The molecule has 12 heavy (non-hydrogen) atoms. The number of rotatable bonds is 3. The molecule has 0 nitrogen and oxygen atoms in total. The minimum absolute atomic E-state index is 0.687. The first-order valence-electron chi connectivity index (χ1n) is 4.38. The van der Waals surface area contributed by atoms with Gasteiger partial charge in [0.2, 0.25) is 0 Å². The van der Waals surface area contributed by atoms with Crippen molar-refractivity contribution in [3.05, 3.63) is 35.9 Å². The lowest BCUT2D eigenvalue weighted by molar-refractivity contribution is 1.04. The molecular formula is C10H15ClSi. The molecule has 1 atom stereocenters. The Balaban J connectivity index is 2.53. The quantitative estimate of drug-likeness (QED) is 0.517. The topological polar surface area (TPSA) is 0 Å². The van der Waals surface area contributed by atoms with Gasteiger partial charge in [0.25, 0.3) is 0 Å². The van der Waals surface area contributed by atoms with Crippen LogP contribution in [0.25, 0.3) is 0 Å². The minimum Gasteiger partial charge on any atom is -0.171 e. The molecule has 0 spiro atoms. The van der Waals surface area contributed by atoms with Crippen molar-refractivity contribution in [1.82, 2.24) is 0 Å². The van der Waals surface area contributed by atoms with E-state index < -0.39 is 8.11 Å². The van der Waals surface area contributed by atoms with Gasteiger partial charge in [0.15, 0.2) is 0 Å². The van der Waals surface area contributed by atoms with Crippen LogP contribution in [0.5, 0.6) is 0 Å². The van der Waals surface area contributed by atoms with E-state index in [4.69, 9.17) is 11.1 Å². The van der Waals surface area contributed by atoms with Crippen molar-refractivity contribution in [2.45, 2.75) is 25.4 Å². The van der Waals surface area contributed by atoms with E-state index in [1.54, 1.807) is 0 Å². The second-order valence-corrected chi connectivity index (χ2v) is 7.91. The smallest absolute Gasteiger partial charge is 0.147 e.